The smallest absolute Gasteiger partial charge is 0.238 e. The van der Waals surface area contributed by atoms with Crippen molar-refractivity contribution < 1.29 is 13.2 Å². The molecule has 0 bridgehead atoms. The first-order valence-corrected chi connectivity index (χ1v) is 8.28. The normalized spacial score (nSPS) is 12.9. The zero-order chi connectivity index (χ0) is 15.2. The Morgan fingerprint density at radius 3 is 2.40 bits per heavy atom. The fourth-order valence-electron chi connectivity index (χ4n) is 1.91. The van der Waals surface area contributed by atoms with Crippen molar-refractivity contribution in [1.82, 2.24) is 5.32 Å². The Hall–Kier alpha value is -1.40. The number of benzene rings is 1. The predicted octanol–water partition coefficient (Wildman–Crippen LogP) is 1.43. The average Bonchev–Trinajstić information content (AvgIpc) is 2.38. The van der Waals surface area contributed by atoms with Crippen LogP contribution < -0.4 is 10.5 Å². The average molecular weight is 298 g/mol. The molecule has 0 aromatic heterocycles. The van der Waals surface area contributed by atoms with Crippen LogP contribution in [0, 0.1) is 5.92 Å². The van der Waals surface area contributed by atoms with Gasteiger partial charge < -0.3 is 5.32 Å². The maximum atomic E-state index is 11.7. The number of sulfonamides is 1. The number of carbonyl (C=O) groups is 1. The lowest BCUT2D eigenvalue weighted by molar-refractivity contribution is -0.124. The molecule has 5 nitrogen and oxygen atoms in total. The summed E-state index contributed by atoms with van der Waals surface area (Å²) in [6.07, 6.45) is 2.54. The Kier molecular flexibility index (Phi) is 6.16. The van der Waals surface area contributed by atoms with E-state index in [-0.39, 0.29) is 16.7 Å². The largest absolute Gasteiger partial charge is 0.356 e. The second kappa shape index (κ2) is 7.40. The first-order chi connectivity index (χ1) is 9.34. The van der Waals surface area contributed by atoms with E-state index in [1.807, 2.05) is 6.92 Å². The zero-order valence-electron chi connectivity index (χ0n) is 11.9. The molecule has 0 aliphatic heterocycles. The summed E-state index contributed by atoms with van der Waals surface area (Å²) in [4.78, 5) is 11.8. The highest BCUT2D eigenvalue weighted by Crippen LogP contribution is 2.09. The molecule has 0 unspecified atom stereocenters. The lowest BCUT2D eigenvalue weighted by Crippen LogP contribution is -2.30. The maximum Gasteiger partial charge on any atom is 0.238 e. The number of nitrogens with two attached hydrogens (primary N) is 1. The van der Waals surface area contributed by atoms with Crippen molar-refractivity contribution in [3.05, 3.63) is 29.8 Å². The van der Waals surface area contributed by atoms with Crippen LogP contribution in [0.1, 0.15) is 32.3 Å². The third-order valence-electron chi connectivity index (χ3n) is 3.13. The highest BCUT2D eigenvalue weighted by Gasteiger charge is 2.11. The Morgan fingerprint density at radius 2 is 1.90 bits per heavy atom. The summed E-state index contributed by atoms with van der Waals surface area (Å²) in [5.41, 5.74) is 0.959. The predicted molar refractivity (Wildman–Crippen MR) is 78.6 cm³/mol. The minimum absolute atomic E-state index is 0.0322. The van der Waals surface area contributed by atoms with Crippen LogP contribution in [0.3, 0.4) is 0 Å². The van der Waals surface area contributed by atoms with Crippen LogP contribution in [0.15, 0.2) is 29.2 Å². The van der Waals surface area contributed by atoms with E-state index in [0.717, 1.165) is 18.4 Å². The summed E-state index contributed by atoms with van der Waals surface area (Å²) in [5.74, 6) is 0.0952. The molecule has 1 aromatic rings. The highest BCUT2D eigenvalue weighted by molar-refractivity contribution is 7.89. The van der Waals surface area contributed by atoms with Crippen LogP contribution in [0.2, 0.25) is 0 Å². The van der Waals surface area contributed by atoms with Crippen molar-refractivity contribution in [2.24, 2.45) is 11.1 Å². The van der Waals surface area contributed by atoms with E-state index in [2.05, 4.69) is 12.2 Å². The van der Waals surface area contributed by atoms with Gasteiger partial charge in [0.05, 0.1) is 4.90 Å². The second-order valence-electron chi connectivity index (χ2n) is 4.92. The van der Waals surface area contributed by atoms with Gasteiger partial charge >= 0.3 is 0 Å². The van der Waals surface area contributed by atoms with Crippen molar-refractivity contribution in [2.45, 2.75) is 38.0 Å². The van der Waals surface area contributed by atoms with E-state index in [0.29, 0.717) is 13.0 Å². The van der Waals surface area contributed by atoms with Crippen LogP contribution >= 0.6 is 0 Å². The quantitative estimate of drug-likeness (QED) is 0.798. The van der Waals surface area contributed by atoms with Crippen LogP contribution in [-0.4, -0.2) is 20.9 Å². The van der Waals surface area contributed by atoms with Crippen molar-refractivity contribution in [3.8, 4) is 0 Å². The molecule has 1 atom stereocenters. The molecule has 3 N–H and O–H groups in total. The van der Waals surface area contributed by atoms with E-state index < -0.39 is 10.0 Å². The SMILES string of the molecule is CCC[C@@H](C)C(=O)NCCc1ccc(S(N)(=O)=O)cc1. The molecule has 0 aliphatic rings. The maximum absolute atomic E-state index is 11.7. The van der Waals surface area contributed by atoms with Crippen molar-refractivity contribution >= 4 is 15.9 Å². The van der Waals surface area contributed by atoms with Gasteiger partial charge in [-0.15, -0.1) is 0 Å². The third kappa shape index (κ3) is 5.30. The van der Waals surface area contributed by atoms with Gasteiger partial charge in [-0.2, -0.15) is 0 Å². The van der Waals surface area contributed by atoms with E-state index in [4.69, 9.17) is 5.14 Å². The van der Waals surface area contributed by atoms with E-state index in [1.165, 1.54) is 12.1 Å². The Morgan fingerprint density at radius 1 is 1.30 bits per heavy atom. The molecule has 1 rings (SSSR count). The monoisotopic (exact) mass is 298 g/mol. The summed E-state index contributed by atoms with van der Waals surface area (Å²) in [5, 5.41) is 7.90. The molecule has 0 fully saturated rings. The summed E-state index contributed by atoms with van der Waals surface area (Å²) in [7, 11) is -3.64. The molecular weight excluding hydrogens is 276 g/mol. The van der Waals surface area contributed by atoms with Crippen LogP contribution in [0.5, 0.6) is 0 Å². The summed E-state index contributed by atoms with van der Waals surface area (Å²) in [6.45, 7) is 4.51. The van der Waals surface area contributed by atoms with Crippen LogP contribution in [0.25, 0.3) is 0 Å². The number of carbonyl (C=O) groups excluding carboxylic acids is 1. The Balaban J connectivity index is 2.45. The fourth-order valence-corrected chi connectivity index (χ4v) is 2.43. The van der Waals surface area contributed by atoms with Gasteiger partial charge in [-0.1, -0.05) is 32.4 Å². The Bertz CT molecular complexity index is 538. The van der Waals surface area contributed by atoms with Crippen molar-refractivity contribution in [1.29, 1.82) is 0 Å². The third-order valence-corrected chi connectivity index (χ3v) is 4.06. The molecule has 0 aliphatic carbocycles. The minimum atomic E-state index is -3.64. The van der Waals surface area contributed by atoms with Crippen LogP contribution in [-0.2, 0) is 21.2 Å². The van der Waals surface area contributed by atoms with E-state index in [1.54, 1.807) is 12.1 Å². The molecule has 0 saturated heterocycles. The topological polar surface area (TPSA) is 89.3 Å². The number of hydrogen-bond donors (Lipinski definition) is 2. The molecule has 1 aromatic carbocycles. The first-order valence-electron chi connectivity index (χ1n) is 6.74. The number of amides is 1. The van der Waals surface area contributed by atoms with Gasteiger partial charge in [0, 0.05) is 12.5 Å². The molecular formula is C14H22N2O3S. The molecule has 6 heteroatoms. The van der Waals surface area contributed by atoms with Crippen molar-refractivity contribution in [2.75, 3.05) is 6.54 Å². The lowest BCUT2D eigenvalue weighted by Gasteiger charge is -2.11. The second-order valence-corrected chi connectivity index (χ2v) is 6.48. The molecule has 0 saturated carbocycles. The summed E-state index contributed by atoms with van der Waals surface area (Å²) >= 11 is 0. The van der Waals surface area contributed by atoms with Gasteiger partial charge in [0.2, 0.25) is 15.9 Å². The van der Waals surface area contributed by atoms with Gasteiger partial charge in [0.25, 0.3) is 0 Å². The number of rotatable bonds is 7. The highest BCUT2D eigenvalue weighted by atomic mass is 32.2. The minimum Gasteiger partial charge on any atom is -0.356 e. The summed E-state index contributed by atoms with van der Waals surface area (Å²) in [6, 6.07) is 6.38. The number of primary sulfonamides is 1. The van der Waals surface area contributed by atoms with Gasteiger partial charge in [0.15, 0.2) is 0 Å². The van der Waals surface area contributed by atoms with Crippen molar-refractivity contribution in [3.63, 3.8) is 0 Å². The Labute approximate surface area is 120 Å². The summed E-state index contributed by atoms with van der Waals surface area (Å²) < 4.78 is 22.2. The molecule has 0 heterocycles. The molecule has 1 amide bonds. The van der Waals surface area contributed by atoms with Gasteiger partial charge in [-0.3, -0.25) is 4.79 Å². The zero-order valence-corrected chi connectivity index (χ0v) is 12.7. The first kappa shape index (κ1) is 16.7. The molecule has 112 valence electrons. The van der Waals surface area contributed by atoms with Gasteiger partial charge in [-0.05, 0) is 30.5 Å². The molecule has 0 radical (unpaired) electrons. The van der Waals surface area contributed by atoms with Crippen LogP contribution in [0.4, 0.5) is 0 Å². The lowest BCUT2D eigenvalue weighted by atomic mass is 10.1. The number of nitrogens with one attached hydrogen (secondary N) is 1. The van der Waals surface area contributed by atoms with Gasteiger partial charge in [-0.25, -0.2) is 13.6 Å². The number of hydrogen-bond acceptors (Lipinski definition) is 3. The van der Waals surface area contributed by atoms with Gasteiger partial charge in [0.1, 0.15) is 0 Å². The molecule has 20 heavy (non-hydrogen) atoms. The van der Waals surface area contributed by atoms with E-state index in [9.17, 15) is 13.2 Å². The standard InChI is InChI=1S/C14H22N2O3S/c1-3-4-11(2)14(17)16-10-9-12-5-7-13(8-6-12)20(15,18)19/h5-8,11H,3-4,9-10H2,1-2H3,(H,16,17)(H2,15,18,19)/t11-/m1/s1. The fraction of sp³-hybridized carbons (Fsp3) is 0.500. The van der Waals surface area contributed by atoms with E-state index >= 15 is 0 Å². The molecule has 0 spiro atoms.